The van der Waals surface area contributed by atoms with E-state index in [0.29, 0.717) is 0 Å². The van der Waals surface area contributed by atoms with Gasteiger partial charge in [-0.1, -0.05) is 35.0 Å². The summed E-state index contributed by atoms with van der Waals surface area (Å²) in [6, 6.07) is 12.2. The van der Waals surface area contributed by atoms with E-state index in [-0.39, 0.29) is 6.04 Å². The summed E-state index contributed by atoms with van der Waals surface area (Å²) in [4.78, 5) is 0. The van der Waals surface area contributed by atoms with Crippen LogP contribution in [0.4, 0.5) is 0 Å². The van der Waals surface area contributed by atoms with Gasteiger partial charge in [0, 0.05) is 10.9 Å². The van der Waals surface area contributed by atoms with E-state index in [1.807, 2.05) is 24.3 Å². The first-order valence-electron chi connectivity index (χ1n) is 6.02. The largest absolute Gasteiger partial charge is 0.464 e. The van der Waals surface area contributed by atoms with Gasteiger partial charge in [0.15, 0.2) is 0 Å². The van der Waals surface area contributed by atoms with Crippen LogP contribution < -0.4 is 11.3 Å². The molecular weight excluding hydrogens is 292 g/mol. The molecule has 2 rings (SSSR count). The molecule has 18 heavy (non-hydrogen) atoms. The second kappa shape index (κ2) is 6.18. The van der Waals surface area contributed by atoms with E-state index in [2.05, 4.69) is 40.4 Å². The summed E-state index contributed by atoms with van der Waals surface area (Å²) in [6.07, 6.45) is 1.70. The Balaban J connectivity index is 2.14. The predicted octanol–water partition coefficient (Wildman–Crippen LogP) is 3.35. The molecule has 1 atom stereocenters. The van der Waals surface area contributed by atoms with Crippen molar-refractivity contribution >= 4 is 15.9 Å². The van der Waals surface area contributed by atoms with Crippen molar-refractivity contribution in [2.75, 3.05) is 0 Å². The quantitative estimate of drug-likeness (QED) is 0.658. The van der Waals surface area contributed by atoms with Crippen molar-refractivity contribution in [3.63, 3.8) is 0 Å². The first-order valence-corrected chi connectivity index (χ1v) is 6.81. The highest BCUT2D eigenvalue weighted by Gasteiger charge is 2.14. The Kier molecular flexibility index (Phi) is 4.58. The van der Waals surface area contributed by atoms with Gasteiger partial charge in [-0.25, -0.2) is 5.43 Å². The van der Waals surface area contributed by atoms with Crippen molar-refractivity contribution in [1.29, 1.82) is 0 Å². The first kappa shape index (κ1) is 13.3. The van der Waals surface area contributed by atoms with Crippen LogP contribution in [-0.4, -0.2) is 0 Å². The third-order valence-corrected chi connectivity index (χ3v) is 3.40. The van der Waals surface area contributed by atoms with E-state index in [1.54, 1.807) is 0 Å². The molecule has 3 nitrogen and oxygen atoms in total. The average molecular weight is 309 g/mol. The second-order valence-corrected chi connectivity index (χ2v) is 5.13. The number of hydrogen-bond acceptors (Lipinski definition) is 3. The summed E-state index contributed by atoms with van der Waals surface area (Å²) in [5.74, 6) is 7.49. The standard InChI is InChI=1S/C14H17BrN2O/c1-2-12-6-7-14(18-12)13(17-16)9-10-4-3-5-11(15)8-10/h3-8,13,17H,2,9,16H2,1H3. The molecule has 0 aliphatic rings. The zero-order chi connectivity index (χ0) is 13.0. The topological polar surface area (TPSA) is 51.2 Å². The van der Waals surface area contributed by atoms with Gasteiger partial charge < -0.3 is 4.42 Å². The minimum Gasteiger partial charge on any atom is -0.464 e. The zero-order valence-electron chi connectivity index (χ0n) is 10.3. The molecular formula is C14H17BrN2O. The molecule has 0 aliphatic heterocycles. The van der Waals surface area contributed by atoms with Gasteiger partial charge in [-0.3, -0.25) is 5.84 Å². The molecule has 2 aromatic rings. The Bertz CT molecular complexity index is 510. The lowest BCUT2D eigenvalue weighted by molar-refractivity contribution is 0.396. The Morgan fingerprint density at radius 3 is 2.78 bits per heavy atom. The number of hydrogen-bond donors (Lipinski definition) is 2. The van der Waals surface area contributed by atoms with Crippen molar-refractivity contribution in [3.8, 4) is 0 Å². The number of benzene rings is 1. The summed E-state index contributed by atoms with van der Waals surface area (Å²) in [5.41, 5.74) is 4.02. The molecule has 1 aromatic heterocycles. The van der Waals surface area contributed by atoms with E-state index in [4.69, 9.17) is 10.3 Å². The lowest BCUT2D eigenvalue weighted by Crippen LogP contribution is -2.29. The lowest BCUT2D eigenvalue weighted by atomic mass is 10.0. The molecule has 0 saturated carbocycles. The monoisotopic (exact) mass is 308 g/mol. The van der Waals surface area contributed by atoms with E-state index in [1.165, 1.54) is 5.56 Å². The second-order valence-electron chi connectivity index (χ2n) is 4.21. The van der Waals surface area contributed by atoms with Gasteiger partial charge in [0.1, 0.15) is 11.5 Å². The van der Waals surface area contributed by atoms with Gasteiger partial charge in [0.25, 0.3) is 0 Å². The number of furan rings is 1. The average Bonchev–Trinajstić information content (AvgIpc) is 2.84. The molecule has 0 saturated heterocycles. The van der Waals surface area contributed by atoms with Crippen molar-refractivity contribution in [1.82, 2.24) is 5.43 Å². The van der Waals surface area contributed by atoms with Crippen LogP contribution in [-0.2, 0) is 12.8 Å². The molecule has 96 valence electrons. The van der Waals surface area contributed by atoms with Crippen LogP contribution in [0.15, 0.2) is 45.3 Å². The van der Waals surface area contributed by atoms with Gasteiger partial charge in [-0.2, -0.15) is 0 Å². The normalized spacial score (nSPS) is 12.6. The maximum absolute atomic E-state index is 5.73. The molecule has 3 N–H and O–H groups in total. The molecule has 1 heterocycles. The molecule has 1 unspecified atom stereocenters. The lowest BCUT2D eigenvalue weighted by Gasteiger charge is -2.13. The molecule has 0 amide bonds. The minimum absolute atomic E-state index is 0.000370. The maximum atomic E-state index is 5.73. The summed E-state index contributed by atoms with van der Waals surface area (Å²) >= 11 is 3.47. The zero-order valence-corrected chi connectivity index (χ0v) is 11.9. The van der Waals surface area contributed by atoms with Crippen molar-refractivity contribution in [3.05, 3.63) is 58.0 Å². The first-order chi connectivity index (χ1) is 8.72. The SMILES string of the molecule is CCc1ccc(C(Cc2cccc(Br)c2)NN)o1. The summed E-state index contributed by atoms with van der Waals surface area (Å²) in [5, 5.41) is 0. The van der Waals surface area contributed by atoms with Crippen LogP contribution in [0.2, 0.25) is 0 Å². The van der Waals surface area contributed by atoms with Crippen LogP contribution in [0.25, 0.3) is 0 Å². The Labute approximate surface area is 115 Å². The number of hydrazine groups is 1. The van der Waals surface area contributed by atoms with Gasteiger partial charge >= 0.3 is 0 Å². The molecule has 0 aliphatic carbocycles. The summed E-state index contributed by atoms with van der Waals surface area (Å²) < 4.78 is 6.81. The third-order valence-electron chi connectivity index (χ3n) is 2.90. The van der Waals surface area contributed by atoms with E-state index >= 15 is 0 Å². The van der Waals surface area contributed by atoms with Gasteiger partial charge in [-0.05, 0) is 36.2 Å². The maximum Gasteiger partial charge on any atom is 0.122 e. The van der Waals surface area contributed by atoms with E-state index in [0.717, 1.165) is 28.8 Å². The Hall–Kier alpha value is -1.10. The summed E-state index contributed by atoms with van der Waals surface area (Å²) in [7, 11) is 0. The van der Waals surface area contributed by atoms with Crippen molar-refractivity contribution < 1.29 is 4.42 Å². The highest BCUT2D eigenvalue weighted by molar-refractivity contribution is 9.10. The number of nitrogens with two attached hydrogens (primary N) is 1. The Morgan fingerprint density at radius 2 is 2.17 bits per heavy atom. The molecule has 0 radical (unpaired) electrons. The van der Waals surface area contributed by atoms with Crippen LogP contribution >= 0.6 is 15.9 Å². The smallest absolute Gasteiger partial charge is 0.122 e. The Morgan fingerprint density at radius 1 is 1.33 bits per heavy atom. The van der Waals surface area contributed by atoms with E-state index < -0.39 is 0 Å². The molecule has 0 spiro atoms. The molecule has 4 heteroatoms. The minimum atomic E-state index is -0.000370. The number of rotatable bonds is 5. The molecule has 0 bridgehead atoms. The fourth-order valence-corrected chi connectivity index (χ4v) is 2.36. The number of aryl methyl sites for hydroxylation is 1. The van der Waals surface area contributed by atoms with Crippen LogP contribution in [0, 0.1) is 0 Å². The van der Waals surface area contributed by atoms with Crippen LogP contribution in [0.3, 0.4) is 0 Å². The predicted molar refractivity (Wildman–Crippen MR) is 76.0 cm³/mol. The summed E-state index contributed by atoms with van der Waals surface area (Å²) in [6.45, 7) is 2.07. The van der Waals surface area contributed by atoms with Crippen molar-refractivity contribution in [2.45, 2.75) is 25.8 Å². The van der Waals surface area contributed by atoms with Crippen LogP contribution in [0.1, 0.15) is 30.0 Å². The van der Waals surface area contributed by atoms with Crippen LogP contribution in [0.5, 0.6) is 0 Å². The number of halogens is 1. The molecule has 1 aromatic carbocycles. The highest BCUT2D eigenvalue weighted by atomic mass is 79.9. The fraction of sp³-hybridized carbons (Fsp3) is 0.286. The number of nitrogens with one attached hydrogen (secondary N) is 1. The van der Waals surface area contributed by atoms with Crippen molar-refractivity contribution in [2.24, 2.45) is 5.84 Å². The highest BCUT2D eigenvalue weighted by Crippen LogP contribution is 2.22. The fourth-order valence-electron chi connectivity index (χ4n) is 1.91. The van der Waals surface area contributed by atoms with Gasteiger partial charge in [-0.15, -0.1) is 0 Å². The third kappa shape index (κ3) is 3.22. The van der Waals surface area contributed by atoms with Gasteiger partial charge in [0.05, 0.1) is 6.04 Å². The van der Waals surface area contributed by atoms with Gasteiger partial charge in [0.2, 0.25) is 0 Å². The molecule has 0 fully saturated rings. The van der Waals surface area contributed by atoms with E-state index in [9.17, 15) is 0 Å².